The Morgan fingerprint density at radius 3 is 2.48 bits per heavy atom. The van der Waals surface area contributed by atoms with Crippen molar-refractivity contribution in [1.29, 1.82) is 5.41 Å². The molecule has 33 heavy (non-hydrogen) atoms. The van der Waals surface area contributed by atoms with Gasteiger partial charge in [0.25, 0.3) is 0 Å². The number of nitrogens with one attached hydrogen (secondary N) is 3. The van der Waals surface area contributed by atoms with Gasteiger partial charge in [-0.15, -0.1) is 0 Å². The van der Waals surface area contributed by atoms with Crippen molar-refractivity contribution in [2.75, 3.05) is 19.6 Å². The number of benzene rings is 1. The molecular formula is C25H38ClN5O2. The van der Waals surface area contributed by atoms with Gasteiger partial charge in [-0.25, -0.2) is 0 Å². The largest absolute Gasteiger partial charge is 0.370 e. The smallest absolute Gasteiger partial charge is 0.245 e. The molecular weight excluding hydrogens is 438 g/mol. The molecule has 1 aliphatic carbocycles. The van der Waals surface area contributed by atoms with Gasteiger partial charge in [0, 0.05) is 30.6 Å². The van der Waals surface area contributed by atoms with Gasteiger partial charge in [-0.05, 0) is 61.1 Å². The van der Waals surface area contributed by atoms with Crippen molar-refractivity contribution in [2.45, 2.75) is 70.8 Å². The minimum atomic E-state index is -0.547. The second kappa shape index (κ2) is 11.2. The summed E-state index contributed by atoms with van der Waals surface area (Å²) in [5, 5.41) is 13.9. The lowest BCUT2D eigenvalue weighted by Gasteiger charge is -2.45. The van der Waals surface area contributed by atoms with E-state index in [0.29, 0.717) is 38.4 Å². The number of nitrogens with zero attached hydrogens (tertiary/aromatic N) is 1. The van der Waals surface area contributed by atoms with Crippen LogP contribution in [0.3, 0.4) is 0 Å². The molecule has 0 spiro atoms. The van der Waals surface area contributed by atoms with Gasteiger partial charge in [0.05, 0.1) is 0 Å². The number of amides is 2. The van der Waals surface area contributed by atoms with Crippen molar-refractivity contribution in [3.8, 4) is 0 Å². The van der Waals surface area contributed by atoms with Crippen molar-refractivity contribution in [1.82, 2.24) is 15.5 Å². The number of nitrogens with two attached hydrogens (primary N) is 1. The first-order valence-corrected chi connectivity index (χ1v) is 12.5. The van der Waals surface area contributed by atoms with Crippen molar-refractivity contribution in [2.24, 2.45) is 17.1 Å². The van der Waals surface area contributed by atoms with Crippen LogP contribution in [0, 0.1) is 16.7 Å². The number of likely N-dealkylation sites (tertiary alicyclic amines) is 1. The van der Waals surface area contributed by atoms with Crippen LogP contribution in [-0.4, -0.2) is 48.3 Å². The van der Waals surface area contributed by atoms with Crippen LogP contribution >= 0.6 is 11.6 Å². The molecule has 0 aromatic heterocycles. The fourth-order valence-electron chi connectivity index (χ4n) is 5.34. The maximum atomic E-state index is 13.6. The molecule has 0 radical (unpaired) electrons. The van der Waals surface area contributed by atoms with Gasteiger partial charge in [-0.2, -0.15) is 0 Å². The highest BCUT2D eigenvalue weighted by Crippen LogP contribution is 2.42. The van der Waals surface area contributed by atoms with Crippen LogP contribution in [0.4, 0.5) is 0 Å². The number of piperidine rings is 1. The maximum absolute atomic E-state index is 13.6. The molecule has 2 aliphatic rings. The summed E-state index contributed by atoms with van der Waals surface area (Å²) in [6.07, 6.45) is 5.99. The highest BCUT2D eigenvalue weighted by atomic mass is 35.5. The maximum Gasteiger partial charge on any atom is 0.245 e. The Morgan fingerprint density at radius 1 is 1.21 bits per heavy atom. The summed E-state index contributed by atoms with van der Waals surface area (Å²) in [5.74, 6) is 0.263. The first kappa shape index (κ1) is 25.3. The molecule has 5 N–H and O–H groups in total. The van der Waals surface area contributed by atoms with E-state index in [1.165, 1.54) is 5.56 Å². The predicted octanol–water partition coefficient (Wildman–Crippen LogP) is 3.62. The number of rotatable bonds is 8. The third-order valence-corrected chi connectivity index (χ3v) is 7.39. The Kier molecular flexibility index (Phi) is 8.63. The van der Waals surface area contributed by atoms with E-state index >= 15 is 0 Å². The third-order valence-electron chi connectivity index (χ3n) is 7.14. The number of hydrogen-bond acceptors (Lipinski definition) is 3. The summed E-state index contributed by atoms with van der Waals surface area (Å²) >= 11 is 6.07. The first-order chi connectivity index (χ1) is 15.7. The molecule has 1 saturated heterocycles. The van der Waals surface area contributed by atoms with E-state index in [-0.39, 0.29) is 29.1 Å². The molecule has 182 valence electrons. The van der Waals surface area contributed by atoms with Crippen molar-refractivity contribution >= 4 is 29.4 Å². The van der Waals surface area contributed by atoms with E-state index in [2.05, 4.69) is 36.6 Å². The second-order valence-electron chi connectivity index (χ2n) is 10.2. The Labute approximate surface area is 202 Å². The van der Waals surface area contributed by atoms with E-state index < -0.39 is 6.04 Å². The van der Waals surface area contributed by atoms with Crippen LogP contribution in [-0.2, 0) is 9.59 Å². The molecule has 2 amide bonds. The van der Waals surface area contributed by atoms with Crippen LogP contribution in [0.15, 0.2) is 24.3 Å². The number of carbonyl (C=O) groups is 2. The fraction of sp³-hybridized carbons (Fsp3) is 0.640. The average Bonchev–Trinajstić information content (AvgIpc) is 3.30. The fourth-order valence-corrected chi connectivity index (χ4v) is 5.47. The molecule has 2 atom stereocenters. The van der Waals surface area contributed by atoms with E-state index in [0.717, 1.165) is 37.1 Å². The predicted molar refractivity (Wildman–Crippen MR) is 132 cm³/mol. The van der Waals surface area contributed by atoms with Gasteiger partial charge in [0.2, 0.25) is 11.8 Å². The lowest BCUT2D eigenvalue weighted by atomic mass is 9.70. The molecule has 1 heterocycles. The summed E-state index contributed by atoms with van der Waals surface area (Å²) in [4.78, 5) is 28.3. The molecule has 7 nitrogen and oxygen atoms in total. The van der Waals surface area contributed by atoms with Crippen LogP contribution in [0.1, 0.15) is 70.3 Å². The van der Waals surface area contributed by atoms with Gasteiger partial charge in [-0.1, -0.05) is 50.4 Å². The molecule has 1 unspecified atom stereocenters. The van der Waals surface area contributed by atoms with E-state index in [1.807, 2.05) is 17.0 Å². The zero-order valence-electron chi connectivity index (χ0n) is 19.8. The molecule has 8 heteroatoms. The monoisotopic (exact) mass is 475 g/mol. The van der Waals surface area contributed by atoms with Gasteiger partial charge in [0.15, 0.2) is 5.96 Å². The quantitative estimate of drug-likeness (QED) is 0.261. The standard InChI is InChI=1S/C25H38ClN5O2/c1-25(2)16-31(15-13-20(25)17-9-11-19(26)12-10-17)23(33)21(8-5-14-29-24(27)28)30-22(32)18-6-3-4-7-18/h9-12,18,20-21H,3-8,13-16H2,1-2H3,(H,30,32)(H4,27,28,29)/t20?,21-/m1/s1. The molecule has 3 rings (SSSR count). The van der Waals surface area contributed by atoms with Gasteiger partial charge in [-0.3, -0.25) is 15.0 Å². The first-order valence-electron chi connectivity index (χ1n) is 12.1. The number of guanidine groups is 1. The summed E-state index contributed by atoms with van der Waals surface area (Å²) in [5.41, 5.74) is 6.52. The van der Waals surface area contributed by atoms with Crippen molar-refractivity contribution in [3.05, 3.63) is 34.9 Å². The highest BCUT2D eigenvalue weighted by molar-refractivity contribution is 6.30. The number of halogens is 1. The van der Waals surface area contributed by atoms with E-state index in [1.54, 1.807) is 0 Å². The number of hydrogen-bond donors (Lipinski definition) is 4. The Balaban J connectivity index is 1.66. The Bertz CT molecular complexity index is 836. The summed E-state index contributed by atoms with van der Waals surface area (Å²) < 4.78 is 0. The minimum absolute atomic E-state index is 0.000637. The molecule has 1 aromatic rings. The Morgan fingerprint density at radius 2 is 1.88 bits per heavy atom. The van der Waals surface area contributed by atoms with E-state index in [9.17, 15) is 9.59 Å². The number of carbonyl (C=O) groups excluding carboxylic acids is 2. The van der Waals surface area contributed by atoms with Crippen LogP contribution in [0.25, 0.3) is 0 Å². The lowest BCUT2D eigenvalue weighted by Crippen LogP contribution is -2.55. The van der Waals surface area contributed by atoms with Gasteiger partial charge >= 0.3 is 0 Å². The minimum Gasteiger partial charge on any atom is -0.370 e. The molecule has 1 saturated carbocycles. The lowest BCUT2D eigenvalue weighted by molar-refractivity contribution is -0.140. The second-order valence-corrected chi connectivity index (χ2v) is 10.6. The van der Waals surface area contributed by atoms with Crippen LogP contribution in [0.5, 0.6) is 0 Å². The van der Waals surface area contributed by atoms with Gasteiger partial charge < -0.3 is 21.3 Å². The van der Waals surface area contributed by atoms with Gasteiger partial charge in [0.1, 0.15) is 6.04 Å². The van der Waals surface area contributed by atoms with Crippen LogP contribution in [0.2, 0.25) is 5.02 Å². The molecule has 0 bridgehead atoms. The summed E-state index contributed by atoms with van der Waals surface area (Å²) in [6, 6.07) is 7.47. The van der Waals surface area contributed by atoms with Crippen LogP contribution < -0.4 is 16.4 Å². The highest BCUT2D eigenvalue weighted by Gasteiger charge is 2.40. The Hall–Kier alpha value is -2.28. The SMILES string of the molecule is CC1(C)CN(C(=O)[C@@H](CCCNC(=N)N)NC(=O)C2CCCC2)CCC1c1ccc(Cl)cc1. The topological polar surface area (TPSA) is 111 Å². The van der Waals surface area contributed by atoms with E-state index in [4.69, 9.17) is 22.7 Å². The van der Waals surface area contributed by atoms with Crippen molar-refractivity contribution in [3.63, 3.8) is 0 Å². The average molecular weight is 476 g/mol. The zero-order chi connectivity index (χ0) is 24.0. The molecule has 1 aliphatic heterocycles. The zero-order valence-corrected chi connectivity index (χ0v) is 20.6. The molecule has 2 fully saturated rings. The van der Waals surface area contributed by atoms with Crippen molar-refractivity contribution < 1.29 is 9.59 Å². The molecule has 1 aromatic carbocycles. The summed E-state index contributed by atoms with van der Waals surface area (Å²) in [7, 11) is 0. The normalized spacial score (nSPS) is 21.4. The summed E-state index contributed by atoms with van der Waals surface area (Å²) in [6.45, 7) is 6.21. The third kappa shape index (κ3) is 6.85.